The molecule has 1 aromatic heterocycles. The highest BCUT2D eigenvalue weighted by molar-refractivity contribution is 5.98. The number of nitrogens with zero attached hydrogens (tertiary/aromatic N) is 1. The predicted octanol–water partition coefficient (Wildman–Crippen LogP) is 2.92. The standard InChI is InChI=1S/C24H34N2O10/c1-5-12-32-24(30)36-17-8-6-7-9-18(23(29)35-15(2)13-17)26-22(28)20-21(34-14-33-16(3)27)19(31-4)10-11-25-20/h10-11,15,17-18H,5-9,12-14H2,1-4H3,(H,26,28)/t15?,17?,18-/m0/s1. The fourth-order valence-electron chi connectivity index (χ4n) is 3.54. The van der Waals surface area contributed by atoms with Crippen molar-refractivity contribution in [2.75, 3.05) is 20.5 Å². The average Bonchev–Trinajstić information content (AvgIpc) is 2.83. The second kappa shape index (κ2) is 14.7. The third-order valence-electron chi connectivity index (χ3n) is 5.23. The molecule has 1 N–H and O–H groups in total. The van der Waals surface area contributed by atoms with Gasteiger partial charge < -0.3 is 33.7 Å². The van der Waals surface area contributed by atoms with Gasteiger partial charge in [0.15, 0.2) is 17.2 Å². The zero-order chi connectivity index (χ0) is 26.5. The lowest BCUT2D eigenvalue weighted by atomic mass is 10.0. The SMILES string of the molecule is CCCOC(=O)OC1CCCC[C@H](NC(=O)c2nccc(OC)c2OCOC(C)=O)C(=O)OC(C)C1. The lowest BCUT2D eigenvalue weighted by Gasteiger charge is -2.26. The van der Waals surface area contributed by atoms with Gasteiger partial charge in [-0.3, -0.25) is 9.59 Å². The van der Waals surface area contributed by atoms with Gasteiger partial charge in [-0.1, -0.05) is 13.3 Å². The minimum Gasteiger partial charge on any atom is -0.493 e. The van der Waals surface area contributed by atoms with Crippen LogP contribution in [0.2, 0.25) is 0 Å². The number of aromatic nitrogens is 1. The highest BCUT2D eigenvalue weighted by Gasteiger charge is 2.30. The molecule has 0 aliphatic carbocycles. The Morgan fingerprint density at radius 3 is 2.64 bits per heavy atom. The van der Waals surface area contributed by atoms with Crippen molar-refractivity contribution in [2.24, 2.45) is 0 Å². The van der Waals surface area contributed by atoms with Crippen molar-refractivity contribution in [3.05, 3.63) is 18.0 Å². The lowest BCUT2D eigenvalue weighted by molar-refractivity contribution is -0.152. The molecule has 0 saturated carbocycles. The number of carbonyl (C=O) groups is 4. The Balaban J connectivity index is 2.06. The molecule has 12 nitrogen and oxygen atoms in total. The fourth-order valence-corrected chi connectivity index (χ4v) is 3.54. The zero-order valence-electron chi connectivity index (χ0n) is 21.1. The summed E-state index contributed by atoms with van der Waals surface area (Å²) >= 11 is 0. The van der Waals surface area contributed by atoms with Crippen LogP contribution in [0.5, 0.6) is 11.5 Å². The summed E-state index contributed by atoms with van der Waals surface area (Å²) in [6, 6.07) is 0.553. The molecule has 1 aliphatic heterocycles. The maximum Gasteiger partial charge on any atom is 0.508 e. The average molecular weight is 511 g/mol. The summed E-state index contributed by atoms with van der Waals surface area (Å²) < 4.78 is 31.3. The largest absolute Gasteiger partial charge is 0.508 e. The van der Waals surface area contributed by atoms with Crippen LogP contribution in [0.25, 0.3) is 0 Å². The Morgan fingerprint density at radius 2 is 1.94 bits per heavy atom. The van der Waals surface area contributed by atoms with Crippen LogP contribution in [0.3, 0.4) is 0 Å². The number of pyridine rings is 1. The molecule has 1 fully saturated rings. The van der Waals surface area contributed by atoms with E-state index in [0.717, 1.165) is 0 Å². The van der Waals surface area contributed by atoms with Crippen molar-refractivity contribution < 1.29 is 47.6 Å². The first-order chi connectivity index (χ1) is 17.2. The van der Waals surface area contributed by atoms with Crippen LogP contribution >= 0.6 is 0 Å². The molecule has 2 heterocycles. The summed E-state index contributed by atoms with van der Waals surface area (Å²) in [7, 11) is 1.39. The molecule has 0 spiro atoms. The smallest absolute Gasteiger partial charge is 0.493 e. The van der Waals surface area contributed by atoms with Crippen LogP contribution in [-0.4, -0.2) is 67.7 Å². The Morgan fingerprint density at radius 1 is 1.19 bits per heavy atom. The molecular weight excluding hydrogens is 476 g/mol. The van der Waals surface area contributed by atoms with E-state index in [1.165, 1.54) is 26.3 Å². The highest BCUT2D eigenvalue weighted by atomic mass is 16.7. The molecule has 1 saturated heterocycles. The summed E-state index contributed by atoms with van der Waals surface area (Å²) in [5.74, 6) is -1.69. The number of ether oxygens (including phenoxy) is 6. The first kappa shape index (κ1) is 28.7. The van der Waals surface area contributed by atoms with Crippen LogP contribution in [0.4, 0.5) is 4.79 Å². The van der Waals surface area contributed by atoms with Gasteiger partial charge in [-0.05, 0) is 32.6 Å². The first-order valence-corrected chi connectivity index (χ1v) is 11.9. The first-order valence-electron chi connectivity index (χ1n) is 11.9. The second-order valence-electron chi connectivity index (χ2n) is 8.22. The van der Waals surface area contributed by atoms with E-state index in [9.17, 15) is 19.2 Å². The minimum atomic E-state index is -0.929. The maximum atomic E-state index is 13.0. The van der Waals surface area contributed by atoms with E-state index in [2.05, 4.69) is 10.3 Å². The molecule has 36 heavy (non-hydrogen) atoms. The van der Waals surface area contributed by atoms with E-state index in [4.69, 9.17) is 28.4 Å². The van der Waals surface area contributed by atoms with Gasteiger partial charge in [-0.2, -0.15) is 0 Å². The summed E-state index contributed by atoms with van der Waals surface area (Å²) in [5.41, 5.74) is -0.140. The topological polar surface area (TPSA) is 149 Å². The molecule has 0 aromatic carbocycles. The van der Waals surface area contributed by atoms with Crippen molar-refractivity contribution in [1.29, 1.82) is 0 Å². The Bertz CT molecular complexity index is 907. The number of amides is 1. The number of methoxy groups -OCH3 is 1. The molecule has 12 heteroatoms. The van der Waals surface area contributed by atoms with Crippen molar-refractivity contribution in [3.8, 4) is 11.5 Å². The van der Waals surface area contributed by atoms with Gasteiger partial charge in [-0.25, -0.2) is 14.6 Å². The Kier molecular flexibility index (Phi) is 11.7. The molecule has 2 rings (SSSR count). The summed E-state index contributed by atoms with van der Waals surface area (Å²) in [4.78, 5) is 52.8. The van der Waals surface area contributed by atoms with Crippen LogP contribution in [0.1, 0.15) is 69.8 Å². The molecule has 3 atom stereocenters. The number of cyclic esters (lactones) is 1. The number of hydrogen-bond acceptors (Lipinski definition) is 11. The normalized spacial score (nSPS) is 20.3. The molecule has 2 unspecified atom stereocenters. The van der Waals surface area contributed by atoms with E-state index in [1.54, 1.807) is 6.92 Å². The fraction of sp³-hybridized carbons (Fsp3) is 0.625. The van der Waals surface area contributed by atoms with Crippen molar-refractivity contribution in [3.63, 3.8) is 0 Å². The van der Waals surface area contributed by atoms with Gasteiger partial charge in [-0.15, -0.1) is 0 Å². The number of nitrogens with one attached hydrogen (secondary N) is 1. The van der Waals surface area contributed by atoms with Crippen molar-refractivity contribution >= 4 is 24.0 Å². The quantitative estimate of drug-likeness (QED) is 0.297. The summed E-state index contributed by atoms with van der Waals surface area (Å²) in [5, 5.41) is 2.65. The zero-order valence-corrected chi connectivity index (χ0v) is 21.1. The van der Waals surface area contributed by atoms with E-state index in [0.29, 0.717) is 38.5 Å². The maximum absolute atomic E-state index is 13.0. The van der Waals surface area contributed by atoms with E-state index in [1.807, 2.05) is 6.92 Å². The van der Waals surface area contributed by atoms with Crippen LogP contribution in [0.15, 0.2) is 12.3 Å². The van der Waals surface area contributed by atoms with E-state index >= 15 is 0 Å². The molecule has 0 radical (unpaired) electrons. The molecule has 1 aromatic rings. The van der Waals surface area contributed by atoms with Crippen LogP contribution in [-0.2, 0) is 28.5 Å². The highest BCUT2D eigenvalue weighted by Crippen LogP contribution is 2.30. The number of rotatable bonds is 9. The second-order valence-corrected chi connectivity index (χ2v) is 8.22. The molecule has 1 amide bonds. The monoisotopic (exact) mass is 510 g/mol. The van der Waals surface area contributed by atoms with Crippen LogP contribution < -0.4 is 14.8 Å². The van der Waals surface area contributed by atoms with Gasteiger partial charge >= 0.3 is 18.1 Å². The van der Waals surface area contributed by atoms with Crippen LogP contribution in [0, 0.1) is 0 Å². The van der Waals surface area contributed by atoms with Gasteiger partial charge in [0.05, 0.1) is 13.7 Å². The Hall–Kier alpha value is -3.57. The predicted molar refractivity (Wildman–Crippen MR) is 124 cm³/mol. The minimum absolute atomic E-state index is 0.0321. The van der Waals surface area contributed by atoms with E-state index in [-0.39, 0.29) is 23.8 Å². The number of carbonyl (C=O) groups excluding carboxylic acids is 4. The third-order valence-corrected chi connectivity index (χ3v) is 5.23. The summed E-state index contributed by atoms with van der Waals surface area (Å²) in [6.07, 6.45) is 2.70. The number of hydrogen-bond donors (Lipinski definition) is 1. The van der Waals surface area contributed by atoms with Crippen molar-refractivity contribution in [2.45, 2.75) is 77.5 Å². The molecular formula is C24H34N2O10. The summed E-state index contributed by atoms with van der Waals surface area (Å²) in [6.45, 7) is 4.62. The van der Waals surface area contributed by atoms with Gasteiger partial charge in [0.2, 0.25) is 6.79 Å². The number of esters is 2. The van der Waals surface area contributed by atoms with Gasteiger partial charge in [0, 0.05) is 25.6 Å². The Labute approximate surface area is 209 Å². The molecule has 0 bridgehead atoms. The van der Waals surface area contributed by atoms with Gasteiger partial charge in [0.1, 0.15) is 18.2 Å². The molecule has 1 aliphatic rings. The van der Waals surface area contributed by atoms with Gasteiger partial charge in [0.25, 0.3) is 5.91 Å². The van der Waals surface area contributed by atoms with Crippen molar-refractivity contribution in [1.82, 2.24) is 10.3 Å². The molecule has 200 valence electrons. The third kappa shape index (κ3) is 9.23. The van der Waals surface area contributed by atoms with E-state index < -0.39 is 49.0 Å². The lowest BCUT2D eigenvalue weighted by Crippen LogP contribution is -2.44.